The van der Waals surface area contributed by atoms with Gasteiger partial charge >= 0.3 is 0 Å². The fourth-order valence-corrected chi connectivity index (χ4v) is 4.39. The predicted octanol–water partition coefficient (Wildman–Crippen LogP) is 4.30. The molecule has 1 N–H and O–H groups in total. The molecule has 0 spiro atoms. The lowest BCUT2D eigenvalue weighted by atomic mass is 9.85. The van der Waals surface area contributed by atoms with Gasteiger partial charge in [0.05, 0.1) is 30.8 Å². The molecule has 178 valence electrons. The Morgan fingerprint density at radius 3 is 2.77 bits per heavy atom. The summed E-state index contributed by atoms with van der Waals surface area (Å²) in [7, 11) is 1.62. The summed E-state index contributed by atoms with van der Waals surface area (Å²) in [4.78, 5) is 17.5. The third-order valence-corrected chi connectivity index (χ3v) is 5.86. The van der Waals surface area contributed by atoms with Gasteiger partial charge in [0.25, 0.3) is 5.95 Å². The second kappa shape index (κ2) is 9.17. The number of para-hydroxylation sites is 1. The minimum absolute atomic E-state index is 0.00989. The number of carbonyl (C=O) groups is 1. The Kier molecular flexibility index (Phi) is 5.90. The van der Waals surface area contributed by atoms with Gasteiger partial charge in [-0.2, -0.15) is 14.9 Å². The molecule has 1 aliphatic rings. The van der Waals surface area contributed by atoms with E-state index in [2.05, 4.69) is 20.5 Å². The van der Waals surface area contributed by atoms with E-state index in [9.17, 15) is 4.79 Å². The SMILES string of the molecule is COc1cccc(-c2cnnc(-n3nc(C)c4c3NC(=O)C[C@H]4c3ccccc3OC(C)C)n2)c1. The lowest BCUT2D eigenvalue weighted by Gasteiger charge is -2.26. The van der Waals surface area contributed by atoms with Gasteiger partial charge in [0.1, 0.15) is 17.3 Å². The summed E-state index contributed by atoms with van der Waals surface area (Å²) >= 11 is 0. The van der Waals surface area contributed by atoms with Gasteiger partial charge in [-0.25, -0.2) is 4.98 Å². The standard InChI is InChI=1S/C26H26N6O3/c1-15(2)35-22-11-6-5-10-19(22)20-13-23(33)29-25-24(20)16(3)31-32(25)26-28-21(14-27-30-26)17-8-7-9-18(12-17)34-4/h5-12,14-15,20H,13H2,1-4H3,(H,29,33)/t20-/m0/s1. The number of nitrogens with zero attached hydrogens (tertiary/aromatic N) is 5. The third-order valence-electron chi connectivity index (χ3n) is 5.86. The van der Waals surface area contributed by atoms with Gasteiger partial charge in [-0.1, -0.05) is 30.3 Å². The summed E-state index contributed by atoms with van der Waals surface area (Å²) in [5.74, 6) is 1.97. The van der Waals surface area contributed by atoms with Crippen molar-refractivity contribution in [3.63, 3.8) is 0 Å². The minimum atomic E-state index is -0.211. The van der Waals surface area contributed by atoms with E-state index in [1.807, 2.05) is 69.3 Å². The fourth-order valence-electron chi connectivity index (χ4n) is 4.39. The molecule has 9 heteroatoms. The van der Waals surface area contributed by atoms with Crippen molar-refractivity contribution in [1.82, 2.24) is 25.0 Å². The van der Waals surface area contributed by atoms with E-state index in [0.717, 1.165) is 28.1 Å². The van der Waals surface area contributed by atoms with Gasteiger partial charge in [0, 0.05) is 29.0 Å². The number of fused-ring (bicyclic) bond motifs is 1. The van der Waals surface area contributed by atoms with Crippen molar-refractivity contribution in [3.05, 3.63) is 71.5 Å². The maximum absolute atomic E-state index is 12.8. The van der Waals surface area contributed by atoms with E-state index in [1.165, 1.54) is 0 Å². The molecule has 4 aromatic rings. The zero-order valence-electron chi connectivity index (χ0n) is 20.0. The number of benzene rings is 2. The number of methoxy groups -OCH3 is 1. The van der Waals surface area contributed by atoms with E-state index < -0.39 is 0 Å². The monoisotopic (exact) mass is 470 g/mol. The molecule has 1 amide bonds. The molecule has 0 bridgehead atoms. The molecule has 2 aromatic carbocycles. The summed E-state index contributed by atoms with van der Waals surface area (Å²) in [5.41, 5.74) is 4.09. The number of rotatable bonds is 6. The Bertz CT molecular complexity index is 1400. The van der Waals surface area contributed by atoms with E-state index in [-0.39, 0.29) is 23.9 Å². The normalized spacial score (nSPS) is 15.0. The topological polar surface area (TPSA) is 104 Å². The predicted molar refractivity (Wildman–Crippen MR) is 131 cm³/mol. The molecule has 9 nitrogen and oxygen atoms in total. The summed E-state index contributed by atoms with van der Waals surface area (Å²) in [6.07, 6.45) is 1.89. The molecule has 0 aliphatic carbocycles. The zero-order valence-corrected chi connectivity index (χ0v) is 20.0. The summed E-state index contributed by atoms with van der Waals surface area (Å²) in [6.45, 7) is 5.89. The van der Waals surface area contributed by atoms with Crippen molar-refractivity contribution in [1.29, 1.82) is 0 Å². The van der Waals surface area contributed by atoms with Gasteiger partial charge in [-0.3, -0.25) is 4.79 Å². The van der Waals surface area contributed by atoms with Crippen LogP contribution in [0.1, 0.15) is 43.0 Å². The van der Waals surface area contributed by atoms with Gasteiger partial charge in [-0.05, 0) is 39.0 Å². The zero-order chi connectivity index (χ0) is 24.5. The van der Waals surface area contributed by atoms with E-state index in [1.54, 1.807) is 18.0 Å². The summed E-state index contributed by atoms with van der Waals surface area (Å²) in [6, 6.07) is 15.4. The highest BCUT2D eigenvalue weighted by molar-refractivity contribution is 5.95. The number of anilines is 1. The molecule has 35 heavy (non-hydrogen) atoms. The molecule has 2 aromatic heterocycles. The molecule has 0 saturated heterocycles. The largest absolute Gasteiger partial charge is 0.497 e. The summed E-state index contributed by atoms with van der Waals surface area (Å²) < 4.78 is 12.9. The fraction of sp³-hybridized carbons (Fsp3) is 0.269. The van der Waals surface area contributed by atoms with Crippen LogP contribution in [-0.4, -0.2) is 44.1 Å². The Morgan fingerprint density at radius 1 is 1.14 bits per heavy atom. The quantitative estimate of drug-likeness (QED) is 0.448. The molecule has 1 aliphatic heterocycles. The van der Waals surface area contributed by atoms with Crippen LogP contribution < -0.4 is 14.8 Å². The number of hydrogen-bond donors (Lipinski definition) is 1. The molecule has 1 atom stereocenters. The maximum Gasteiger partial charge on any atom is 0.272 e. The molecule has 0 saturated carbocycles. The maximum atomic E-state index is 12.8. The van der Waals surface area contributed by atoms with Gasteiger partial charge < -0.3 is 14.8 Å². The van der Waals surface area contributed by atoms with Crippen molar-refractivity contribution in [2.24, 2.45) is 0 Å². The summed E-state index contributed by atoms with van der Waals surface area (Å²) in [5, 5.41) is 16.0. The molecule has 0 fully saturated rings. The van der Waals surface area contributed by atoms with Crippen LogP contribution in [0.15, 0.2) is 54.7 Å². The Morgan fingerprint density at radius 2 is 1.97 bits per heavy atom. The highest BCUT2D eigenvalue weighted by Gasteiger charge is 2.34. The second-order valence-electron chi connectivity index (χ2n) is 8.64. The number of aryl methyl sites for hydroxylation is 1. The van der Waals surface area contributed by atoms with E-state index in [4.69, 9.17) is 14.6 Å². The molecular weight excluding hydrogens is 444 g/mol. The average Bonchev–Trinajstić information content (AvgIpc) is 3.19. The van der Waals surface area contributed by atoms with Crippen LogP contribution in [0.3, 0.4) is 0 Å². The lowest BCUT2D eigenvalue weighted by Crippen LogP contribution is -2.25. The van der Waals surface area contributed by atoms with Gasteiger partial charge in [-0.15, -0.1) is 5.10 Å². The van der Waals surface area contributed by atoms with Crippen LogP contribution >= 0.6 is 0 Å². The van der Waals surface area contributed by atoms with Crippen LogP contribution in [0.4, 0.5) is 5.82 Å². The highest BCUT2D eigenvalue weighted by atomic mass is 16.5. The Hall–Kier alpha value is -4.27. The number of aromatic nitrogens is 5. The van der Waals surface area contributed by atoms with Crippen LogP contribution in [0.5, 0.6) is 11.5 Å². The first-order valence-electron chi connectivity index (χ1n) is 11.4. The Balaban J connectivity index is 1.60. The number of carbonyl (C=O) groups excluding carboxylic acids is 1. The van der Waals surface area contributed by atoms with Gasteiger partial charge in [0.15, 0.2) is 0 Å². The first kappa shape index (κ1) is 22.5. The van der Waals surface area contributed by atoms with E-state index in [0.29, 0.717) is 23.7 Å². The van der Waals surface area contributed by atoms with E-state index >= 15 is 0 Å². The number of hydrogen-bond acceptors (Lipinski definition) is 7. The van der Waals surface area contributed by atoms with Crippen molar-refractivity contribution >= 4 is 11.7 Å². The number of nitrogens with one attached hydrogen (secondary N) is 1. The third kappa shape index (κ3) is 4.32. The average molecular weight is 471 g/mol. The van der Waals surface area contributed by atoms with Crippen molar-refractivity contribution in [2.75, 3.05) is 12.4 Å². The lowest BCUT2D eigenvalue weighted by molar-refractivity contribution is -0.116. The van der Waals surface area contributed by atoms with Crippen LogP contribution in [0.2, 0.25) is 0 Å². The number of amides is 1. The van der Waals surface area contributed by atoms with Gasteiger partial charge in [0.2, 0.25) is 5.91 Å². The smallest absolute Gasteiger partial charge is 0.272 e. The van der Waals surface area contributed by atoms with Crippen molar-refractivity contribution in [2.45, 2.75) is 39.2 Å². The van der Waals surface area contributed by atoms with Crippen molar-refractivity contribution < 1.29 is 14.3 Å². The second-order valence-corrected chi connectivity index (χ2v) is 8.64. The highest BCUT2D eigenvalue weighted by Crippen LogP contribution is 2.43. The molecule has 3 heterocycles. The molecule has 0 unspecified atom stereocenters. The first-order chi connectivity index (χ1) is 16.9. The number of ether oxygens (including phenoxy) is 2. The molecule has 5 rings (SSSR count). The van der Waals surface area contributed by atoms with Crippen molar-refractivity contribution in [3.8, 4) is 28.7 Å². The van der Waals surface area contributed by atoms with Crippen LogP contribution in [0.25, 0.3) is 17.2 Å². The van der Waals surface area contributed by atoms with Crippen LogP contribution in [-0.2, 0) is 4.79 Å². The molecule has 0 radical (unpaired) electrons. The Labute approximate surface area is 203 Å². The minimum Gasteiger partial charge on any atom is -0.497 e. The first-order valence-corrected chi connectivity index (χ1v) is 11.4. The van der Waals surface area contributed by atoms with Crippen LogP contribution in [0, 0.1) is 6.92 Å². The molecular formula is C26H26N6O3.